The molecule has 0 aliphatic heterocycles. The molecule has 0 bridgehead atoms. The summed E-state index contributed by atoms with van der Waals surface area (Å²) in [4.78, 5) is 2.28. The molecule has 0 aliphatic carbocycles. The summed E-state index contributed by atoms with van der Waals surface area (Å²) in [5.74, 6) is 0.959. The van der Waals surface area contributed by atoms with Crippen molar-refractivity contribution in [1.82, 2.24) is 4.90 Å². The van der Waals surface area contributed by atoms with E-state index in [0.717, 1.165) is 38.6 Å². The highest BCUT2D eigenvalue weighted by molar-refractivity contribution is 5.31. The lowest BCUT2D eigenvalue weighted by Gasteiger charge is -2.21. The Labute approximate surface area is 116 Å². The fourth-order valence-corrected chi connectivity index (χ4v) is 1.78. The first-order valence-electron chi connectivity index (χ1n) is 6.66. The average molecular weight is 267 g/mol. The molecule has 0 fully saturated rings. The normalized spacial score (nSPS) is 10.9. The van der Waals surface area contributed by atoms with Crippen LogP contribution in [0.2, 0.25) is 0 Å². The Morgan fingerprint density at radius 1 is 0.895 bits per heavy atom. The second kappa shape index (κ2) is 9.78. The van der Waals surface area contributed by atoms with E-state index in [2.05, 4.69) is 17.9 Å². The van der Waals surface area contributed by atoms with Crippen LogP contribution in [0.4, 0.5) is 0 Å². The Hall–Kier alpha value is -1.10. The van der Waals surface area contributed by atoms with E-state index in [4.69, 9.17) is 14.2 Å². The molecule has 4 heteroatoms. The van der Waals surface area contributed by atoms with E-state index in [0.29, 0.717) is 6.61 Å². The summed E-state index contributed by atoms with van der Waals surface area (Å²) in [5, 5.41) is 0. The minimum absolute atomic E-state index is 0.679. The number of rotatable bonds is 10. The van der Waals surface area contributed by atoms with E-state index in [1.807, 2.05) is 18.2 Å². The summed E-state index contributed by atoms with van der Waals surface area (Å²) in [6, 6.07) is 8.08. The Morgan fingerprint density at radius 2 is 1.47 bits per heavy atom. The van der Waals surface area contributed by atoms with E-state index in [9.17, 15) is 0 Å². The van der Waals surface area contributed by atoms with Crippen molar-refractivity contribution in [3.8, 4) is 5.75 Å². The summed E-state index contributed by atoms with van der Waals surface area (Å²) < 4.78 is 16.0. The highest BCUT2D eigenvalue weighted by atomic mass is 16.5. The van der Waals surface area contributed by atoms with Gasteiger partial charge in [-0.3, -0.25) is 4.90 Å². The van der Waals surface area contributed by atoms with Crippen molar-refractivity contribution in [2.45, 2.75) is 6.92 Å². The predicted octanol–water partition coefficient (Wildman–Crippen LogP) is 1.97. The van der Waals surface area contributed by atoms with Crippen LogP contribution < -0.4 is 4.74 Å². The average Bonchev–Trinajstić information content (AvgIpc) is 2.43. The Balaban J connectivity index is 2.32. The summed E-state index contributed by atoms with van der Waals surface area (Å²) >= 11 is 0. The number of aryl methyl sites for hydroxylation is 1. The van der Waals surface area contributed by atoms with Crippen LogP contribution in [-0.4, -0.2) is 58.6 Å². The topological polar surface area (TPSA) is 30.9 Å². The first-order chi connectivity index (χ1) is 9.27. The van der Waals surface area contributed by atoms with Gasteiger partial charge in [-0.15, -0.1) is 0 Å². The number of nitrogens with zero attached hydrogens (tertiary/aromatic N) is 1. The van der Waals surface area contributed by atoms with E-state index in [-0.39, 0.29) is 0 Å². The van der Waals surface area contributed by atoms with E-state index in [1.54, 1.807) is 14.2 Å². The van der Waals surface area contributed by atoms with Gasteiger partial charge in [0.1, 0.15) is 12.4 Å². The molecule has 0 N–H and O–H groups in total. The van der Waals surface area contributed by atoms with Crippen LogP contribution in [0.15, 0.2) is 24.3 Å². The molecule has 1 aromatic rings. The second-order valence-electron chi connectivity index (χ2n) is 4.44. The predicted molar refractivity (Wildman–Crippen MR) is 76.9 cm³/mol. The Kier molecular flexibility index (Phi) is 8.21. The van der Waals surface area contributed by atoms with Crippen LogP contribution in [0.5, 0.6) is 5.75 Å². The van der Waals surface area contributed by atoms with Crippen LogP contribution in [0.25, 0.3) is 0 Å². The van der Waals surface area contributed by atoms with Crippen molar-refractivity contribution in [2.24, 2.45) is 0 Å². The standard InChI is InChI=1S/C15H25NO3/c1-14-6-4-5-7-15(14)19-13-10-16(8-11-17-2)9-12-18-3/h4-7H,8-13H2,1-3H3. The highest BCUT2D eigenvalue weighted by Gasteiger charge is 2.05. The lowest BCUT2D eigenvalue weighted by molar-refractivity contribution is 0.104. The molecular weight excluding hydrogens is 242 g/mol. The van der Waals surface area contributed by atoms with E-state index in [1.165, 1.54) is 5.56 Å². The minimum atomic E-state index is 0.679. The van der Waals surface area contributed by atoms with E-state index < -0.39 is 0 Å². The molecular formula is C15H25NO3. The zero-order chi connectivity index (χ0) is 13.9. The maximum atomic E-state index is 5.80. The van der Waals surface area contributed by atoms with Crippen LogP contribution >= 0.6 is 0 Å². The van der Waals surface area contributed by atoms with Gasteiger partial charge in [-0.2, -0.15) is 0 Å². The maximum absolute atomic E-state index is 5.80. The van der Waals surface area contributed by atoms with Gasteiger partial charge in [0.25, 0.3) is 0 Å². The van der Waals surface area contributed by atoms with Gasteiger partial charge in [-0.25, -0.2) is 0 Å². The van der Waals surface area contributed by atoms with Gasteiger partial charge in [0.2, 0.25) is 0 Å². The first-order valence-corrected chi connectivity index (χ1v) is 6.66. The van der Waals surface area contributed by atoms with Crippen molar-refractivity contribution >= 4 is 0 Å². The van der Waals surface area contributed by atoms with Crippen LogP contribution in [-0.2, 0) is 9.47 Å². The van der Waals surface area contributed by atoms with Gasteiger partial charge in [-0.05, 0) is 18.6 Å². The van der Waals surface area contributed by atoms with Crippen LogP contribution in [0.3, 0.4) is 0 Å². The van der Waals surface area contributed by atoms with Crippen LogP contribution in [0.1, 0.15) is 5.56 Å². The third-order valence-electron chi connectivity index (χ3n) is 2.98. The molecule has 0 heterocycles. The molecule has 1 aromatic carbocycles. The summed E-state index contributed by atoms with van der Waals surface area (Å²) in [5.41, 5.74) is 1.17. The van der Waals surface area contributed by atoms with Gasteiger partial charge >= 0.3 is 0 Å². The molecule has 0 spiro atoms. The van der Waals surface area contributed by atoms with Crippen molar-refractivity contribution in [3.63, 3.8) is 0 Å². The van der Waals surface area contributed by atoms with Gasteiger partial charge in [0.05, 0.1) is 13.2 Å². The number of methoxy groups -OCH3 is 2. The van der Waals surface area contributed by atoms with Gasteiger partial charge < -0.3 is 14.2 Å². The zero-order valence-corrected chi connectivity index (χ0v) is 12.2. The molecule has 4 nitrogen and oxygen atoms in total. The van der Waals surface area contributed by atoms with Crippen molar-refractivity contribution in [3.05, 3.63) is 29.8 Å². The zero-order valence-electron chi connectivity index (χ0n) is 12.2. The third kappa shape index (κ3) is 6.57. The monoisotopic (exact) mass is 267 g/mol. The van der Waals surface area contributed by atoms with Crippen LogP contribution in [0, 0.1) is 6.92 Å². The fraction of sp³-hybridized carbons (Fsp3) is 0.600. The number of hydrogen-bond donors (Lipinski definition) is 0. The highest BCUT2D eigenvalue weighted by Crippen LogP contribution is 2.15. The SMILES string of the molecule is COCCN(CCOC)CCOc1ccccc1C. The second-order valence-corrected chi connectivity index (χ2v) is 4.44. The molecule has 0 radical (unpaired) electrons. The smallest absolute Gasteiger partial charge is 0.122 e. The van der Waals surface area contributed by atoms with Gasteiger partial charge in [0.15, 0.2) is 0 Å². The lowest BCUT2D eigenvalue weighted by Crippen LogP contribution is -2.34. The summed E-state index contributed by atoms with van der Waals surface area (Å²) in [6.07, 6.45) is 0. The minimum Gasteiger partial charge on any atom is -0.492 e. The number of hydrogen-bond acceptors (Lipinski definition) is 4. The Morgan fingerprint density at radius 3 is 2.05 bits per heavy atom. The first kappa shape index (κ1) is 16.0. The molecule has 108 valence electrons. The maximum Gasteiger partial charge on any atom is 0.122 e. The molecule has 0 amide bonds. The molecule has 0 atom stereocenters. The molecule has 0 saturated heterocycles. The number of benzene rings is 1. The Bertz CT molecular complexity index is 336. The summed E-state index contributed by atoms with van der Waals surface area (Å²) in [6.45, 7) is 6.87. The number of ether oxygens (including phenoxy) is 3. The molecule has 0 aromatic heterocycles. The third-order valence-corrected chi connectivity index (χ3v) is 2.98. The lowest BCUT2D eigenvalue weighted by atomic mass is 10.2. The van der Waals surface area contributed by atoms with Crippen molar-refractivity contribution < 1.29 is 14.2 Å². The quantitative estimate of drug-likeness (QED) is 0.648. The van der Waals surface area contributed by atoms with Gasteiger partial charge in [0, 0.05) is 33.9 Å². The van der Waals surface area contributed by atoms with E-state index >= 15 is 0 Å². The molecule has 1 rings (SSSR count). The summed E-state index contributed by atoms with van der Waals surface area (Å²) in [7, 11) is 3.44. The van der Waals surface area contributed by atoms with Crippen molar-refractivity contribution in [1.29, 1.82) is 0 Å². The largest absolute Gasteiger partial charge is 0.492 e. The molecule has 0 saturated carbocycles. The molecule has 19 heavy (non-hydrogen) atoms. The number of para-hydroxylation sites is 1. The molecule has 0 unspecified atom stereocenters. The van der Waals surface area contributed by atoms with Crippen molar-refractivity contribution in [2.75, 3.05) is 53.7 Å². The molecule has 0 aliphatic rings. The fourth-order valence-electron chi connectivity index (χ4n) is 1.78. The van der Waals surface area contributed by atoms with Gasteiger partial charge in [-0.1, -0.05) is 18.2 Å².